The first-order valence-corrected chi connectivity index (χ1v) is 7.33. The third-order valence-electron chi connectivity index (χ3n) is 4.14. The number of nitrogens with zero attached hydrogens (tertiary/aromatic N) is 1. The van der Waals surface area contributed by atoms with E-state index in [4.69, 9.17) is 10.5 Å². The molecule has 0 bridgehead atoms. The zero-order valence-corrected chi connectivity index (χ0v) is 12.0. The molecular formula is C15H18FN3O3. The van der Waals surface area contributed by atoms with Gasteiger partial charge in [0.05, 0.1) is 12.2 Å². The average Bonchev–Trinajstić information content (AvgIpc) is 2.89. The van der Waals surface area contributed by atoms with Crippen molar-refractivity contribution in [3.8, 4) is 0 Å². The molecule has 0 aromatic heterocycles. The van der Waals surface area contributed by atoms with Gasteiger partial charge < -0.3 is 15.8 Å². The third kappa shape index (κ3) is 2.76. The van der Waals surface area contributed by atoms with E-state index >= 15 is 0 Å². The highest BCUT2D eigenvalue weighted by molar-refractivity contribution is 5.89. The van der Waals surface area contributed by atoms with Crippen molar-refractivity contribution in [3.05, 3.63) is 29.6 Å². The van der Waals surface area contributed by atoms with Crippen molar-refractivity contribution < 1.29 is 18.7 Å². The molecule has 6 nitrogen and oxygen atoms in total. The van der Waals surface area contributed by atoms with Crippen molar-refractivity contribution in [2.75, 3.05) is 24.5 Å². The zero-order valence-electron chi connectivity index (χ0n) is 12.0. The van der Waals surface area contributed by atoms with Crippen LogP contribution in [0.1, 0.15) is 24.3 Å². The van der Waals surface area contributed by atoms with E-state index in [2.05, 4.69) is 5.32 Å². The summed E-state index contributed by atoms with van der Waals surface area (Å²) in [6, 6.07) is 4.72. The van der Waals surface area contributed by atoms with Crippen molar-refractivity contribution in [2.24, 2.45) is 5.73 Å². The number of piperidine rings is 1. The molecule has 2 heterocycles. The van der Waals surface area contributed by atoms with Crippen LogP contribution in [0.3, 0.4) is 0 Å². The Bertz CT molecular complexity index is 598. The second-order valence-electron chi connectivity index (χ2n) is 5.60. The lowest BCUT2D eigenvalue weighted by Gasteiger charge is -2.24. The molecule has 1 unspecified atom stereocenters. The van der Waals surface area contributed by atoms with Crippen LogP contribution in [0.4, 0.5) is 14.9 Å². The molecule has 2 fully saturated rings. The zero-order chi connectivity index (χ0) is 15.7. The molecule has 2 atom stereocenters. The maximum Gasteiger partial charge on any atom is 0.414 e. The molecule has 3 rings (SSSR count). The Morgan fingerprint density at radius 1 is 1.41 bits per heavy atom. The minimum atomic E-state index is -0.507. The van der Waals surface area contributed by atoms with E-state index in [1.165, 1.54) is 11.0 Å². The molecule has 2 amide bonds. The Labute approximate surface area is 127 Å². The summed E-state index contributed by atoms with van der Waals surface area (Å²) < 4.78 is 19.4. The smallest absolute Gasteiger partial charge is 0.414 e. The highest BCUT2D eigenvalue weighted by Crippen LogP contribution is 2.30. The maximum atomic E-state index is 14.4. The van der Waals surface area contributed by atoms with E-state index in [0.29, 0.717) is 37.2 Å². The van der Waals surface area contributed by atoms with Crippen LogP contribution in [0.5, 0.6) is 0 Å². The largest absolute Gasteiger partial charge is 0.443 e. The summed E-state index contributed by atoms with van der Waals surface area (Å²) in [4.78, 5) is 24.3. The van der Waals surface area contributed by atoms with E-state index in [1.807, 2.05) is 0 Å². The number of cyclic esters (lactones) is 1. The monoisotopic (exact) mass is 307 g/mol. The van der Waals surface area contributed by atoms with Crippen molar-refractivity contribution in [2.45, 2.75) is 24.9 Å². The van der Waals surface area contributed by atoms with Crippen molar-refractivity contribution in [1.82, 2.24) is 5.32 Å². The number of hydrogen-bond donors (Lipinski definition) is 2. The minimum absolute atomic E-state index is 0.000849. The van der Waals surface area contributed by atoms with Crippen LogP contribution in [0, 0.1) is 5.82 Å². The fraction of sp³-hybridized carbons (Fsp3) is 0.467. The predicted molar refractivity (Wildman–Crippen MR) is 78.1 cm³/mol. The lowest BCUT2D eigenvalue weighted by molar-refractivity contribution is -0.122. The number of amides is 2. The minimum Gasteiger partial charge on any atom is -0.443 e. The first kappa shape index (κ1) is 14.8. The van der Waals surface area contributed by atoms with Crippen LogP contribution in [0.15, 0.2) is 18.2 Å². The SMILES string of the molecule is NC[C@H]1CN(c2ccc(C3CCC(=O)NC3)c(F)c2)C(=O)O1. The second-order valence-corrected chi connectivity index (χ2v) is 5.60. The van der Waals surface area contributed by atoms with E-state index in [0.717, 1.165) is 0 Å². The number of benzene rings is 1. The van der Waals surface area contributed by atoms with E-state index in [9.17, 15) is 14.0 Å². The molecule has 2 aliphatic heterocycles. The summed E-state index contributed by atoms with van der Waals surface area (Å²) in [6.45, 7) is 1.01. The number of ether oxygens (including phenoxy) is 1. The quantitative estimate of drug-likeness (QED) is 0.876. The number of halogens is 1. The molecule has 3 N–H and O–H groups in total. The topological polar surface area (TPSA) is 84.7 Å². The number of nitrogens with one attached hydrogen (secondary N) is 1. The Hall–Kier alpha value is -2.15. The molecule has 0 radical (unpaired) electrons. The lowest BCUT2D eigenvalue weighted by atomic mass is 9.91. The van der Waals surface area contributed by atoms with Gasteiger partial charge in [-0.25, -0.2) is 9.18 Å². The van der Waals surface area contributed by atoms with Gasteiger partial charge >= 0.3 is 6.09 Å². The third-order valence-corrected chi connectivity index (χ3v) is 4.14. The Kier molecular flexibility index (Phi) is 3.98. The number of anilines is 1. The van der Waals surface area contributed by atoms with Crippen molar-refractivity contribution in [1.29, 1.82) is 0 Å². The summed E-state index contributed by atoms with van der Waals surface area (Å²) >= 11 is 0. The van der Waals surface area contributed by atoms with Crippen LogP contribution < -0.4 is 16.0 Å². The molecule has 22 heavy (non-hydrogen) atoms. The lowest BCUT2D eigenvalue weighted by Crippen LogP contribution is -2.34. The standard InChI is InChI=1S/C15H18FN3O3/c16-13-5-10(19-8-11(6-17)22-15(19)21)2-3-12(13)9-1-4-14(20)18-7-9/h2-3,5,9,11H,1,4,6-8,17H2,(H,18,20)/t9?,11-/m0/s1. The molecule has 0 aliphatic carbocycles. The Morgan fingerprint density at radius 2 is 2.23 bits per heavy atom. The van der Waals surface area contributed by atoms with E-state index in [1.54, 1.807) is 12.1 Å². The fourth-order valence-corrected chi connectivity index (χ4v) is 2.87. The van der Waals surface area contributed by atoms with Crippen molar-refractivity contribution >= 4 is 17.7 Å². The van der Waals surface area contributed by atoms with Gasteiger partial charge in [-0.3, -0.25) is 9.69 Å². The summed E-state index contributed by atoms with van der Waals surface area (Å²) in [5, 5.41) is 2.74. The molecule has 1 aromatic carbocycles. The molecule has 0 spiro atoms. The first-order valence-electron chi connectivity index (χ1n) is 7.33. The highest BCUT2D eigenvalue weighted by atomic mass is 19.1. The van der Waals surface area contributed by atoms with Crippen LogP contribution in [0.25, 0.3) is 0 Å². The maximum absolute atomic E-state index is 14.4. The first-order chi connectivity index (χ1) is 10.6. The van der Waals surface area contributed by atoms with Crippen LogP contribution >= 0.6 is 0 Å². The molecular weight excluding hydrogens is 289 g/mol. The normalized spacial score (nSPS) is 25.1. The summed E-state index contributed by atoms with van der Waals surface area (Å²) in [5.74, 6) is -0.405. The van der Waals surface area contributed by atoms with Gasteiger partial charge in [-0.2, -0.15) is 0 Å². The average molecular weight is 307 g/mol. The van der Waals surface area contributed by atoms with Gasteiger partial charge in [0.25, 0.3) is 0 Å². The Morgan fingerprint density at radius 3 is 2.82 bits per heavy atom. The van der Waals surface area contributed by atoms with Gasteiger partial charge in [-0.1, -0.05) is 6.07 Å². The van der Waals surface area contributed by atoms with Gasteiger partial charge in [0.2, 0.25) is 5.91 Å². The van der Waals surface area contributed by atoms with E-state index < -0.39 is 6.09 Å². The van der Waals surface area contributed by atoms with Gasteiger partial charge in [0, 0.05) is 25.4 Å². The molecule has 0 saturated carbocycles. The van der Waals surface area contributed by atoms with Crippen LogP contribution in [-0.4, -0.2) is 37.7 Å². The summed E-state index contributed by atoms with van der Waals surface area (Å²) in [6.07, 6.45) is 0.169. The van der Waals surface area contributed by atoms with Crippen LogP contribution in [0.2, 0.25) is 0 Å². The molecule has 2 aliphatic rings. The number of rotatable bonds is 3. The highest BCUT2D eigenvalue weighted by Gasteiger charge is 2.32. The number of carbonyl (C=O) groups excluding carboxylic acids is 2. The molecule has 2 saturated heterocycles. The van der Waals surface area contributed by atoms with E-state index in [-0.39, 0.29) is 30.3 Å². The van der Waals surface area contributed by atoms with Gasteiger partial charge in [-0.05, 0) is 24.1 Å². The van der Waals surface area contributed by atoms with Crippen LogP contribution in [-0.2, 0) is 9.53 Å². The molecule has 1 aromatic rings. The molecule has 7 heteroatoms. The number of nitrogens with two attached hydrogens (primary N) is 1. The second kappa shape index (κ2) is 5.92. The summed E-state index contributed by atoms with van der Waals surface area (Å²) in [5.41, 5.74) is 6.51. The van der Waals surface area contributed by atoms with Gasteiger partial charge in [0.15, 0.2) is 0 Å². The summed E-state index contributed by atoms with van der Waals surface area (Å²) in [7, 11) is 0. The number of hydrogen-bond acceptors (Lipinski definition) is 4. The number of carbonyl (C=O) groups is 2. The predicted octanol–water partition coefficient (Wildman–Crippen LogP) is 1.10. The Balaban J connectivity index is 1.78. The van der Waals surface area contributed by atoms with Gasteiger partial charge in [0.1, 0.15) is 11.9 Å². The van der Waals surface area contributed by atoms with Crippen molar-refractivity contribution in [3.63, 3.8) is 0 Å². The van der Waals surface area contributed by atoms with Gasteiger partial charge in [-0.15, -0.1) is 0 Å². The molecule has 118 valence electrons. The fourth-order valence-electron chi connectivity index (χ4n) is 2.87.